The fourth-order valence-electron chi connectivity index (χ4n) is 4.93. The summed E-state index contributed by atoms with van der Waals surface area (Å²) >= 11 is 0. The first-order valence-corrected chi connectivity index (χ1v) is 15.7. The first-order valence-electron chi connectivity index (χ1n) is 15.7. The van der Waals surface area contributed by atoms with Crippen LogP contribution in [0.1, 0.15) is 50.3 Å². The van der Waals surface area contributed by atoms with Crippen LogP contribution in [0, 0.1) is 5.41 Å². The Balaban J connectivity index is 1.76. The Kier molecular flexibility index (Phi) is 13.6. The molecule has 3 rings (SSSR count). The lowest BCUT2D eigenvalue weighted by molar-refractivity contribution is -0.308. The summed E-state index contributed by atoms with van der Waals surface area (Å²) in [6.07, 6.45) is -22.6. The molecule has 9 nitrogen and oxygen atoms in total. The van der Waals surface area contributed by atoms with E-state index in [1.54, 1.807) is 60.9 Å². The third kappa shape index (κ3) is 12.8. The standard InChI is InChI=1S/C33H38F9N3O6/c1-30(2,3)28(47)50-21-49-26(46)10-7-13-45(19-22-8-5-4-6-9-22)25-18-24(31(34,35)36)12-11-23(25)20-43-14-16-44(17-15-43)29(48)51-27(32(37,38)39)33(40,41)42/h4-6,8-9,11-12,18,27H,7,10,13-17,19-21H2,1-3H3. The van der Waals surface area contributed by atoms with Gasteiger partial charge in [-0.15, -0.1) is 0 Å². The van der Waals surface area contributed by atoms with E-state index in [0.29, 0.717) is 10.5 Å². The number of hydrogen-bond donors (Lipinski definition) is 0. The summed E-state index contributed by atoms with van der Waals surface area (Å²) in [4.78, 5) is 40.5. The van der Waals surface area contributed by atoms with Gasteiger partial charge in [-0.3, -0.25) is 14.5 Å². The maximum Gasteiger partial charge on any atom is 0.434 e. The van der Waals surface area contributed by atoms with Crippen LogP contribution < -0.4 is 4.90 Å². The van der Waals surface area contributed by atoms with Gasteiger partial charge in [-0.05, 0) is 50.5 Å². The van der Waals surface area contributed by atoms with Crippen molar-refractivity contribution in [2.45, 2.75) is 71.3 Å². The molecule has 1 heterocycles. The second kappa shape index (κ2) is 16.9. The summed E-state index contributed by atoms with van der Waals surface area (Å²) in [7, 11) is 0. The minimum Gasteiger partial charge on any atom is -0.428 e. The van der Waals surface area contributed by atoms with Gasteiger partial charge in [-0.2, -0.15) is 39.5 Å². The van der Waals surface area contributed by atoms with Crippen LogP contribution >= 0.6 is 0 Å². The van der Waals surface area contributed by atoms with Crippen molar-refractivity contribution in [2.24, 2.45) is 5.41 Å². The van der Waals surface area contributed by atoms with Gasteiger partial charge in [0.2, 0.25) is 6.79 Å². The summed E-state index contributed by atoms with van der Waals surface area (Å²) in [5.41, 5.74) is -0.456. The number of amides is 1. The molecule has 284 valence electrons. The van der Waals surface area contributed by atoms with Crippen LogP contribution in [0.5, 0.6) is 0 Å². The number of hydrogen-bond acceptors (Lipinski definition) is 8. The molecule has 0 radical (unpaired) electrons. The lowest BCUT2D eigenvalue weighted by Crippen LogP contribution is -2.52. The minimum absolute atomic E-state index is 0.0105. The van der Waals surface area contributed by atoms with Crippen LogP contribution in [0.2, 0.25) is 0 Å². The minimum atomic E-state index is -5.87. The number of nitrogens with zero attached hydrogens (tertiary/aromatic N) is 3. The second-order valence-electron chi connectivity index (χ2n) is 12.8. The molecule has 0 spiro atoms. The smallest absolute Gasteiger partial charge is 0.428 e. The Bertz CT molecular complexity index is 1460. The normalized spacial score (nSPS) is 14.7. The third-order valence-electron chi connectivity index (χ3n) is 7.64. The SMILES string of the molecule is CC(C)(C)C(=O)OCOC(=O)CCCN(Cc1ccccc1)c1cc(C(F)(F)F)ccc1CN1CCN(C(=O)OC(C(F)(F)F)C(F)(F)F)CC1. The van der Waals surface area contributed by atoms with Crippen molar-refractivity contribution in [1.29, 1.82) is 0 Å². The molecule has 1 amide bonds. The Hall–Kier alpha value is -4.22. The zero-order chi connectivity index (χ0) is 38.2. The lowest BCUT2D eigenvalue weighted by Gasteiger charge is -2.36. The Morgan fingerprint density at radius 3 is 1.98 bits per heavy atom. The molecule has 2 aromatic rings. The first-order chi connectivity index (χ1) is 23.6. The van der Waals surface area contributed by atoms with E-state index in [2.05, 4.69) is 4.74 Å². The van der Waals surface area contributed by atoms with Gasteiger partial charge in [0, 0.05) is 57.9 Å². The summed E-state index contributed by atoms with van der Waals surface area (Å²) in [5, 5.41) is 0. The average Bonchev–Trinajstić information content (AvgIpc) is 3.02. The van der Waals surface area contributed by atoms with Crippen LogP contribution in [-0.2, 0) is 43.1 Å². The molecule has 1 saturated heterocycles. The van der Waals surface area contributed by atoms with Gasteiger partial charge >= 0.3 is 36.6 Å². The average molecular weight is 744 g/mol. The highest BCUT2D eigenvalue weighted by atomic mass is 19.4. The van der Waals surface area contributed by atoms with Crippen molar-refractivity contribution >= 4 is 23.7 Å². The topological polar surface area (TPSA) is 88.6 Å². The number of ether oxygens (including phenoxy) is 3. The predicted molar refractivity (Wildman–Crippen MR) is 164 cm³/mol. The summed E-state index contributed by atoms with van der Waals surface area (Å²) in [5.74, 6) is -1.28. The second-order valence-corrected chi connectivity index (χ2v) is 12.8. The summed E-state index contributed by atoms with van der Waals surface area (Å²) in [6, 6.07) is 11.9. The molecule has 0 atom stereocenters. The monoisotopic (exact) mass is 743 g/mol. The maximum atomic E-state index is 13.9. The fraction of sp³-hybridized carbons (Fsp3) is 0.545. The first kappa shape index (κ1) is 41.2. The molecule has 0 saturated carbocycles. The van der Waals surface area contributed by atoms with Gasteiger partial charge < -0.3 is 24.0 Å². The molecule has 1 aliphatic rings. The van der Waals surface area contributed by atoms with E-state index in [1.165, 1.54) is 6.07 Å². The molecule has 2 aromatic carbocycles. The number of carbonyl (C=O) groups excluding carboxylic acids is 3. The molecular formula is C33H38F9N3O6. The number of piperazine rings is 1. The van der Waals surface area contributed by atoms with Crippen molar-refractivity contribution in [3.05, 3.63) is 65.2 Å². The van der Waals surface area contributed by atoms with E-state index in [0.717, 1.165) is 17.7 Å². The molecular weight excluding hydrogens is 705 g/mol. The van der Waals surface area contributed by atoms with Crippen molar-refractivity contribution < 1.29 is 68.1 Å². The van der Waals surface area contributed by atoms with Crippen LogP contribution in [-0.4, -0.2) is 85.8 Å². The highest BCUT2D eigenvalue weighted by Crippen LogP contribution is 2.37. The molecule has 0 aliphatic carbocycles. The van der Waals surface area contributed by atoms with Crippen molar-refractivity contribution in [3.8, 4) is 0 Å². The van der Waals surface area contributed by atoms with E-state index in [-0.39, 0.29) is 64.3 Å². The summed E-state index contributed by atoms with van der Waals surface area (Å²) < 4.78 is 133. The zero-order valence-electron chi connectivity index (χ0n) is 28.0. The van der Waals surface area contributed by atoms with Gasteiger partial charge in [0.1, 0.15) is 0 Å². The van der Waals surface area contributed by atoms with E-state index >= 15 is 0 Å². The van der Waals surface area contributed by atoms with Crippen LogP contribution in [0.3, 0.4) is 0 Å². The van der Waals surface area contributed by atoms with Gasteiger partial charge in [0.15, 0.2) is 0 Å². The van der Waals surface area contributed by atoms with Gasteiger partial charge in [0.05, 0.1) is 11.0 Å². The molecule has 0 unspecified atom stereocenters. The van der Waals surface area contributed by atoms with E-state index in [9.17, 15) is 53.9 Å². The van der Waals surface area contributed by atoms with E-state index in [4.69, 9.17) is 9.47 Å². The molecule has 0 bridgehead atoms. The van der Waals surface area contributed by atoms with Crippen molar-refractivity contribution in [2.75, 3.05) is 44.4 Å². The number of alkyl halides is 9. The molecule has 0 N–H and O–H groups in total. The Morgan fingerprint density at radius 2 is 1.43 bits per heavy atom. The zero-order valence-corrected chi connectivity index (χ0v) is 28.0. The number of carbonyl (C=O) groups is 3. The highest BCUT2D eigenvalue weighted by Gasteiger charge is 2.60. The predicted octanol–water partition coefficient (Wildman–Crippen LogP) is 7.33. The number of anilines is 1. The van der Waals surface area contributed by atoms with Gasteiger partial charge in [0.25, 0.3) is 6.10 Å². The van der Waals surface area contributed by atoms with Crippen LogP contribution in [0.25, 0.3) is 0 Å². The molecule has 1 aliphatic heterocycles. The maximum absolute atomic E-state index is 13.9. The van der Waals surface area contributed by atoms with Gasteiger partial charge in [-0.1, -0.05) is 36.4 Å². The highest BCUT2D eigenvalue weighted by molar-refractivity contribution is 5.75. The van der Waals surface area contributed by atoms with Crippen LogP contribution in [0.4, 0.5) is 50.0 Å². The molecule has 51 heavy (non-hydrogen) atoms. The quantitative estimate of drug-likeness (QED) is 0.127. The number of halogens is 9. The number of benzene rings is 2. The van der Waals surface area contributed by atoms with E-state index < -0.39 is 60.4 Å². The fourth-order valence-corrected chi connectivity index (χ4v) is 4.93. The molecule has 1 fully saturated rings. The third-order valence-corrected chi connectivity index (χ3v) is 7.64. The largest absolute Gasteiger partial charge is 0.434 e. The number of esters is 2. The van der Waals surface area contributed by atoms with Crippen molar-refractivity contribution in [1.82, 2.24) is 9.80 Å². The lowest BCUT2D eigenvalue weighted by atomic mass is 9.98. The number of rotatable bonds is 12. The Morgan fingerprint density at radius 1 is 0.824 bits per heavy atom. The van der Waals surface area contributed by atoms with Gasteiger partial charge in [-0.25, -0.2) is 4.79 Å². The molecule has 18 heteroatoms. The van der Waals surface area contributed by atoms with E-state index in [1.807, 2.05) is 0 Å². The summed E-state index contributed by atoms with van der Waals surface area (Å²) in [6.45, 7) is 3.79. The Labute approximate surface area is 288 Å². The van der Waals surface area contributed by atoms with Crippen molar-refractivity contribution in [3.63, 3.8) is 0 Å². The molecule has 0 aromatic heterocycles. The van der Waals surface area contributed by atoms with Crippen LogP contribution in [0.15, 0.2) is 48.5 Å².